The molecule has 1 unspecified atom stereocenters. The molecule has 7 nitrogen and oxygen atoms in total. The molecule has 134 valence electrons. The maximum Gasteiger partial charge on any atom is 0.275 e. The molecule has 0 heterocycles. The van der Waals surface area contributed by atoms with Crippen LogP contribution >= 0.6 is 11.6 Å². The van der Waals surface area contributed by atoms with Gasteiger partial charge in [-0.05, 0) is 32.0 Å². The summed E-state index contributed by atoms with van der Waals surface area (Å²) in [7, 11) is -3.96. The molecule has 9 heteroatoms. The maximum absolute atomic E-state index is 12.4. The Hall–Kier alpha value is -2.16. The molecule has 0 bridgehead atoms. The van der Waals surface area contributed by atoms with Crippen molar-refractivity contribution in [2.24, 2.45) is 0 Å². The number of rotatable bonds is 7. The monoisotopic (exact) mass is 384 g/mol. The van der Waals surface area contributed by atoms with Crippen molar-refractivity contribution in [2.75, 3.05) is 6.54 Å². The first-order valence-corrected chi connectivity index (χ1v) is 9.22. The third kappa shape index (κ3) is 4.91. The number of nitrogens with zero attached hydrogens (tertiary/aromatic N) is 1. The van der Waals surface area contributed by atoms with E-state index in [0.717, 1.165) is 6.07 Å². The van der Waals surface area contributed by atoms with E-state index in [9.17, 15) is 18.5 Å². The summed E-state index contributed by atoms with van der Waals surface area (Å²) in [6.45, 7) is 3.16. The lowest BCUT2D eigenvalue weighted by atomic mass is 10.2. The highest BCUT2D eigenvalue weighted by atomic mass is 35.5. The molecule has 0 fully saturated rings. The number of nitro groups is 1. The van der Waals surface area contributed by atoms with Crippen molar-refractivity contribution >= 4 is 27.3 Å². The Morgan fingerprint density at radius 2 is 1.92 bits per heavy atom. The molecular weight excluding hydrogens is 368 g/mol. The minimum atomic E-state index is -3.96. The van der Waals surface area contributed by atoms with Crippen LogP contribution < -0.4 is 9.46 Å². The van der Waals surface area contributed by atoms with Crippen LogP contribution in [0.15, 0.2) is 47.4 Å². The standard InChI is InChI=1S/C16H17ClN2O5S/c1-11(24-13-6-4-3-5-7-13)10-18-25(22,23)14-8-15(17)12(2)16(9-14)19(20)21/h3-9,11,18H,10H2,1-2H3. The molecule has 25 heavy (non-hydrogen) atoms. The third-order valence-electron chi connectivity index (χ3n) is 3.44. The Kier molecular flexibility index (Phi) is 5.99. The molecule has 1 atom stereocenters. The van der Waals surface area contributed by atoms with E-state index in [1.54, 1.807) is 31.2 Å². The molecule has 0 aliphatic rings. The molecule has 0 spiro atoms. The van der Waals surface area contributed by atoms with Gasteiger partial charge in [-0.3, -0.25) is 10.1 Å². The first kappa shape index (κ1) is 19.2. The van der Waals surface area contributed by atoms with Gasteiger partial charge in [-0.25, -0.2) is 13.1 Å². The molecule has 2 aromatic carbocycles. The normalized spacial score (nSPS) is 12.6. The number of sulfonamides is 1. The summed E-state index contributed by atoms with van der Waals surface area (Å²) in [6, 6.07) is 11.1. The molecule has 0 amide bonds. The average Bonchev–Trinajstić information content (AvgIpc) is 2.56. The number of nitro benzene ring substituents is 1. The number of ether oxygens (including phenoxy) is 1. The first-order chi connectivity index (χ1) is 11.7. The molecule has 0 aromatic heterocycles. The molecule has 0 radical (unpaired) electrons. The topological polar surface area (TPSA) is 98.5 Å². The number of hydrogen-bond donors (Lipinski definition) is 1. The Morgan fingerprint density at radius 3 is 2.52 bits per heavy atom. The zero-order valence-corrected chi connectivity index (χ0v) is 15.2. The van der Waals surface area contributed by atoms with Gasteiger partial charge in [-0.2, -0.15) is 0 Å². The Bertz CT molecular complexity index is 872. The van der Waals surface area contributed by atoms with Gasteiger partial charge in [-0.1, -0.05) is 29.8 Å². The summed E-state index contributed by atoms with van der Waals surface area (Å²) in [6.07, 6.45) is -0.437. The lowest BCUT2D eigenvalue weighted by molar-refractivity contribution is -0.385. The molecule has 0 aliphatic heterocycles. The third-order valence-corrected chi connectivity index (χ3v) is 5.23. The maximum atomic E-state index is 12.4. The van der Waals surface area contributed by atoms with Gasteiger partial charge >= 0.3 is 0 Å². The molecule has 0 saturated heterocycles. The van der Waals surface area contributed by atoms with Crippen molar-refractivity contribution in [2.45, 2.75) is 24.8 Å². The van der Waals surface area contributed by atoms with E-state index in [1.807, 2.05) is 6.07 Å². The van der Waals surface area contributed by atoms with Gasteiger partial charge in [-0.15, -0.1) is 0 Å². The summed E-state index contributed by atoms with van der Waals surface area (Å²) < 4.78 is 32.7. The molecule has 2 aromatic rings. The van der Waals surface area contributed by atoms with Crippen LogP contribution in [0.5, 0.6) is 5.75 Å². The van der Waals surface area contributed by atoms with E-state index in [4.69, 9.17) is 16.3 Å². The van der Waals surface area contributed by atoms with E-state index < -0.39 is 21.1 Å². The van der Waals surface area contributed by atoms with E-state index in [0.29, 0.717) is 5.75 Å². The largest absolute Gasteiger partial charge is 0.489 e. The van der Waals surface area contributed by atoms with Gasteiger partial charge in [0.2, 0.25) is 10.0 Å². The summed E-state index contributed by atoms with van der Waals surface area (Å²) >= 11 is 5.92. The number of halogens is 1. The van der Waals surface area contributed by atoms with Gasteiger partial charge in [0, 0.05) is 18.2 Å². The van der Waals surface area contributed by atoms with Crippen LogP contribution in [0.2, 0.25) is 5.02 Å². The quantitative estimate of drug-likeness (QED) is 0.583. The van der Waals surface area contributed by atoms with Crippen LogP contribution in [0.25, 0.3) is 0 Å². The van der Waals surface area contributed by atoms with E-state index in [2.05, 4.69) is 4.72 Å². The Balaban J connectivity index is 2.12. The van der Waals surface area contributed by atoms with Crippen molar-refractivity contribution in [3.8, 4) is 5.75 Å². The van der Waals surface area contributed by atoms with Crippen LogP contribution in [0, 0.1) is 17.0 Å². The molecule has 1 N–H and O–H groups in total. The van der Waals surface area contributed by atoms with Crippen molar-refractivity contribution in [1.29, 1.82) is 0 Å². The van der Waals surface area contributed by atoms with Gasteiger partial charge < -0.3 is 4.74 Å². The fourth-order valence-electron chi connectivity index (χ4n) is 2.07. The van der Waals surface area contributed by atoms with E-state index in [1.165, 1.54) is 13.0 Å². The highest BCUT2D eigenvalue weighted by molar-refractivity contribution is 7.89. The molecule has 2 rings (SSSR count). The Labute approximate surface area is 150 Å². The Morgan fingerprint density at radius 1 is 1.28 bits per heavy atom. The zero-order chi connectivity index (χ0) is 18.6. The predicted octanol–water partition coefficient (Wildman–Crippen LogP) is 3.30. The van der Waals surface area contributed by atoms with E-state index >= 15 is 0 Å². The fourth-order valence-corrected chi connectivity index (χ4v) is 3.51. The van der Waals surface area contributed by atoms with Gasteiger partial charge in [0.1, 0.15) is 11.9 Å². The summed E-state index contributed by atoms with van der Waals surface area (Å²) in [5, 5.41) is 11.1. The van der Waals surface area contributed by atoms with Crippen molar-refractivity contribution in [1.82, 2.24) is 4.72 Å². The summed E-state index contributed by atoms with van der Waals surface area (Å²) in [4.78, 5) is 10.1. The number of nitrogens with one attached hydrogen (secondary N) is 1. The minimum Gasteiger partial charge on any atom is -0.489 e. The zero-order valence-electron chi connectivity index (χ0n) is 13.6. The van der Waals surface area contributed by atoms with Crippen LogP contribution in [-0.2, 0) is 10.0 Å². The average molecular weight is 385 g/mol. The molecule has 0 aliphatic carbocycles. The first-order valence-electron chi connectivity index (χ1n) is 7.36. The van der Waals surface area contributed by atoms with Crippen LogP contribution in [0.1, 0.15) is 12.5 Å². The highest BCUT2D eigenvalue weighted by Gasteiger charge is 2.23. The smallest absolute Gasteiger partial charge is 0.275 e. The predicted molar refractivity (Wildman–Crippen MR) is 94.6 cm³/mol. The van der Waals surface area contributed by atoms with Crippen molar-refractivity contribution in [3.63, 3.8) is 0 Å². The summed E-state index contributed by atoms with van der Waals surface area (Å²) in [5.74, 6) is 0.614. The second kappa shape index (κ2) is 7.81. The van der Waals surface area contributed by atoms with Crippen molar-refractivity contribution < 1.29 is 18.1 Å². The lowest BCUT2D eigenvalue weighted by Crippen LogP contribution is -2.33. The minimum absolute atomic E-state index is 0.00345. The molecule has 0 saturated carbocycles. The van der Waals surface area contributed by atoms with Crippen LogP contribution in [-0.4, -0.2) is 26.0 Å². The number of benzene rings is 2. The van der Waals surface area contributed by atoms with Gasteiger partial charge in [0.15, 0.2) is 0 Å². The fraction of sp³-hybridized carbons (Fsp3) is 0.250. The number of para-hydroxylation sites is 1. The number of hydrogen-bond acceptors (Lipinski definition) is 5. The van der Waals surface area contributed by atoms with Crippen LogP contribution in [0.4, 0.5) is 5.69 Å². The summed E-state index contributed by atoms with van der Waals surface area (Å²) in [5.41, 5.74) is -0.132. The van der Waals surface area contributed by atoms with Gasteiger partial charge in [0.05, 0.1) is 14.8 Å². The second-order valence-corrected chi connectivity index (χ2v) is 7.57. The van der Waals surface area contributed by atoms with E-state index in [-0.39, 0.29) is 27.7 Å². The molecular formula is C16H17ClN2O5S. The van der Waals surface area contributed by atoms with Gasteiger partial charge in [0.25, 0.3) is 5.69 Å². The lowest BCUT2D eigenvalue weighted by Gasteiger charge is -2.16. The van der Waals surface area contributed by atoms with Crippen molar-refractivity contribution in [3.05, 3.63) is 63.2 Å². The SMILES string of the molecule is Cc1c(Cl)cc(S(=O)(=O)NCC(C)Oc2ccccc2)cc1[N+](=O)[O-]. The highest BCUT2D eigenvalue weighted by Crippen LogP contribution is 2.29. The second-order valence-electron chi connectivity index (χ2n) is 5.40. The van der Waals surface area contributed by atoms with Crippen LogP contribution in [0.3, 0.4) is 0 Å².